The van der Waals surface area contributed by atoms with E-state index >= 15 is 0 Å². The number of benzene rings is 3. The molecule has 3 aromatic rings. The highest BCUT2D eigenvalue weighted by Gasteiger charge is 2.41. The van der Waals surface area contributed by atoms with Crippen LogP contribution in [0.1, 0.15) is 41.0 Å². The van der Waals surface area contributed by atoms with Gasteiger partial charge >= 0.3 is 0 Å². The van der Waals surface area contributed by atoms with E-state index in [9.17, 15) is 0 Å². The van der Waals surface area contributed by atoms with Crippen molar-refractivity contribution in [3.8, 4) is 0 Å². The van der Waals surface area contributed by atoms with Gasteiger partial charge in [-0.3, -0.25) is 0 Å². The maximum absolute atomic E-state index is 2.53. The largest absolute Gasteiger partial charge is 0.335 e. The molecule has 1 nitrogen and oxygen atoms in total. The molecule has 0 aliphatic heterocycles. The van der Waals surface area contributed by atoms with Gasteiger partial charge in [0.25, 0.3) is 0 Å². The van der Waals surface area contributed by atoms with Crippen LogP contribution in [0.15, 0.2) is 72.8 Å². The van der Waals surface area contributed by atoms with Crippen LogP contribution >= 0.6 is 0 Å². The lowest BCUT2D eigenvalue weighted by atomic mass is 9.71. The van der Waals surface area contributed by atoms with Crippen LogP contribution in [0.2, 0.25) is 0 Å². The van der Waals surface area contributed by atoms with E-state index < -0.39 is 0 Å². The molecular weight excluding hydrogens is 302 g/mol. The molecule has 0 radical (unpaired) electrons. The van der Waals surface area contributed by atoms with E-state index in [1.807, 2.05) is 0 Å². The highest BCUT2D eigenvalue weighted by atomic mass is 15.2. The highest BCUT2D eigenvalue weighted by Crippen LogP contribution is 2.46. The first-order valence-electron chi connectivity index (χ1n) is 9.21. The van der Waals surface area contributed by atoms with Crippen LogP contribution in [0.5, 0.6) is 0 Å². The third-order valence-corrected chi connectivity index (χ3v) is 6.12. The quantitative estimate of drug-likeness (QED) is 0.478. The number of rotatable bonds is 5. The molecule has 0 atom stereocenters. The van der Waals surface area contributed by atoms with Crippen molar-refractivity contribution in [1.82, 2.24) is 0 Å². The van der Waals surface area contributed by atoms with Gasteiger partial charge in [-0.1, -0.05) is 75.4 Å². The molecule has 1 heteroatoms. The third-order valence-electron chi connectivity index (χ3n) is 6.12. The van der Waals surface area contributed by atoms with Gasteiger partial charge in [-0.25, -0.2) is 0 Å². The van der Waals surface area contributed by atoms with Crippen molar-refractivity contribution in [2.45, 2.75) is 46.6 Å². The Bertz CT molecular complexity index is 841. The Morgan fingerprint density at radius 2 is 1.32 bits per heavy atom. The lowest BCUT2D eigenvalue weighted by Gasteiger charge is -2.50. The van der Waals surface area contributed by atoms with E-state index in [0.29, 0.717) is 0 Å². The van der Waals surface area contributed by atoms with Crippen LogP contribution < -0.4 is 4.90 Å². The lowest BCUT2D eigenvalue weighted by Crippen LogP contribution is -2.52. The van der Waals surface area contributed by atoms with Crippen LogP contribution in [0.25, 0.3) is 10.8 Å². The van der Waals surface area contributed by atoms with Crippen LogP contribution in [0.4, 0.5) is 11.4 Å². The van der Waals surface area contributed by atoms with E-state index in [1.165, 1.54) is 22.1 Å². The first-order valence-corrected chi connectivity index (χ1v) is 9.21. The number of fused-ring (bicyclic) bond motifs is 1. The van der Waals surface area contributed by atoms with Crippen molar-refractivity contribution in [1.29, 1.82) is 0 Å². The summed E-state index contributed by atoms with van der Waals surface area (Å²) in [4.78, 5) is 2.53. The summed E-state index contributed by atoms with van der Waals surface area (Å²) in [6, 6.07) is 26.1. The van der Waals surface area contributed by atoms with Crippen LogP contribution in [-0.4, -0.2) is 5.54 Å². The number of nitrogens with zero attached hydrogens (tertiary/aromatic N) is 1. The predicted octanol–water partition coefficient (Wildman–Crippen LogP) is 7.19. The Hall–Kier alpha value is -2.28. The van der Waals surface area contributed by atoms with Gasteiger partial charge in [0.1, 0.15) is 0 Å². The number of anilines is 2. The van der Waals surface area contributed by atoms with Crippen molar-refractivity contribution in [2.75, 3.05) is 4.90 Å². The molecule has 0 spiro atoms. The predicted molar refractivity (Wildman–Crippen MR) is 111 cm³/mol. The number of para-hydroxylation sites is 1. The molecule has 0 aliphatic rings. The van der Waals surface area contributed by atoms with E-state index in [1.54, 1.807) is 0 Å². The van der Waals surface area contributed by atoms with Crippen LogP contribution in [0, 0.1) is 5.41 Å². The van der Waals surface area contributed by atoms with E-state index in [4.69, 9.17) is 0 Å². The highest BCUT2D eigenvalue weighted by molar-refractivity contribution is 5.96. The summed E-state index contributed by atoms with van der Waals surface area (Å²) >= 11 is 0. The average Bonchev–Trinajstić information content (AvgIpc) is 2.62. The monoisotopic (exact) mass is 331 g/mol. The molecule has 0 saturated heterocycles. The first-order chi connectivity index (χ1) is 11.9. The zero-order valence-electron chi connectivity index (χ0n) is 16.1. The molecule has 0 aromatic heterocycles. The Labute approximate surface area is 152 Å². The standard InChI is InChI=1S/C24H29N/c1-6-23(2,3)24(4,5)25(20-15-8-7-9-16-20)22-18-12-14-19-13-10-11-17-21(19)22/h7-18H,6H2,1-5H3. The van der Waals surface area contributed by atoms with Gasteiger partial charge < -0.3 is 4.90 Å². The molecule has 0 fully saturated rings. The van der Waals surface area contributed by atoms with Gasteiger partial charge in [-0.2, -0.15) is 0 Å². The Morgan fingerprint density at radius 3 is 2.00 bits per heavy atom. The minimum absolute atomic E-state index is 0.0484. The van der Waals surface area contributed by atoms with Gasteiger partial charge in [0.2, 0.25) is 0 Å². The van der Waals surface area contributed by atoms with Crippen molar-refractivity contribution >= 4 is 22.1 Å². The van der Waals surface area contributed by atoms with Crippen LogP contribution in [0.3, 0.4) is 0 Å². The van der Waals surface area contributed by atoms with Crippen molar-refractivity contribution < 1.29 is 0 Å². The molecule has 0 N–H and O–H groups in total. The minimum atomic E-state index is -0.0484. The summed E-state index contributed by atoms with van der Waals surface area (Å²) < 4.78 is 0. The zero-order valence-corrected chi connectivity index (χ0v) is 16.1. The molecule has 0 bridgehead atoms. The van der Waals surface area contributed by atoms with Gasteiger partial charge in [0.05, 0.1) is 0 Å². The summed E-state index contributed by atoms with van der Waals surface area (Å²) in [6.45, 7) is 11.8. The fourth-order valence-electron chi connectivity index (χ4n) is 3.48. The maximum atomic E-state index is 2.53. The second kappa shape index (κ2) is 6.55. The summed E-state index contributed by atoms with van der Waals surface area (Å²) in [5.74, 6) is 0. The van der Waals surface area contributed by atoms with Crippen molar-refractivity contribution in [3.05, 3.63) is 72.8 Å². The summed E-state index contributed by atoms with van der Waals surface area (Å²) in [5, 5.41) is 2.58. The Balaban J connectivity index is 2.29. The molecule has 0 saturated carbocycles. The van der Waals surface area contributed by atoms with Crippen molar-refractivity contribution in [3.63, 3.8) is 0 Å². The fraction of sp³-hybridized carbons (Fsp3) is 0.333. The molecule has 25 heavy (non-hydrogen) atoms. The second-order valence-electron chi connectivity index (χ2n) is 7.97. The molecule has 0 heterocycles. The van der Waals surface area contributed by atoms with Crippen molar-refractivity contribution in [2.24, 2.45) is 5.41 Å². The first kappa shape index (κ1) is 17.5. The zero-order chi connectivity index (χ0) is 18.1. The van der Waals surface area contributed by atoms with Gasteiger partial charge in [-0.15, -0.1) is 0 Å². The molecule has 130 valence electrons. The molecular formula is C24H29N. The summed E-state index contributed by atoms with van der Waals surface area (Å²) in [7, 11) is 0. The van der Waals surface area contributed by atoms with Gasteiger partial charge in [0.15, 0.2) is 0 Å². The Kier molecular flexibility index (Phi) is 4.60. The maximum Gasteiger partial charge on any atom is 0.0495 e. The smallest absolute Gasteiger partial charge is 0.0495 e. The number of hydrogen-bond donors (Lipinski definition) is 0. The lowest BCUT2D eigenvalue weighted by molar-refractivity contribution is 0.193. The van der Waals surface area contributed by atoms with E-state index in [2.05, 4.69) is 112 Å². The molecule has 0 amide bonds. The number of hydrogen-bond acceptors (Lipinski definition) is 1. The molecule has 0 unspecified atom stereocenters. The second-order valence-corrected chi connectivity index (χ2v) is 7.97. The van der Waals surface area contributed by atoms with E-state index in [-0.39, 0.29) is 11.0 Å². The molecule has 0 aliphatic carbocycles. The van der Waals surface area contributed by atoms with Gasteiger partial charge in [0, 0.05) is 22.3 Å². The summed E-state index contributed by atoms with van der Waals surface area (Å²) in [6.07, 6.45) is 1.12. The van der Waals surface area contributed by atoms with Crippen LogP contribution in [-0.2, 0) is 0 Å². The molecule has 3 rings (SSSR count). The normalized spacial score (nSPS) is 12.4. The minimum Gasteiger partial charge on any atom is -0.335 e. The average molecular weight is 332 g/mol. The SMILES string of the molecule is CCC(C)(C)C(C)(C)N(c1ccccc1)c1cccc2ccccc12. The topological polar surface area (TPSA) is 3.24 Å². The summed E-state index contributed by atoms with van der Waals surface area (Å²) in [5.41, 5.74) is 2.62. The molecule has 3 aromatic carbocycles. The Morgan fingerprint density at radius 1 is 0.720 bits per heavy atom. The third kappa shape index (κ3) is 3.04. The van der Waals surface area contributed by atoms with Gasteiger partial charge in [-0.05, 0) is 49.3 Å². The fourth-order valence-corrected chi connectivity index (χ4v) is 3.48. The van der Waals surface area contributed by atoms with E-state index in [0.717, 1.165) is 6.42 Å².